The van der Waals surface area contributed by atoms with Crippen LogP contribution in [0.5, 0.6) is 0 Å². The minimum Gasteiger partial charge on any atom is -0.346 e. The Morgan fingerprint density at radius 2 is 0.964 bits per heavy atom. The minimum atomic E-state index is -4.90. The highest BCUT2D eigenvalue weighted by Gasteiger charge is 2.56. The molecule has 5 aliphatic rings. The fourth-order valence-corrected chi connectivity index (χ4v) is 16.7. The largest absolute Gasteiger partial charge is 0.390 e. The summed E-state index contributed by atoms with van der Waals surface area (Å²) in [5.74, 6) is -1.99. The zero-order chi connectivity index (χ0) is 58.3. The first-order valence-corrected chi connectivity index (χ1v) is 31.9. The van der Waals surface area contributed by atoms with Crippen LogP contribution in [0.3, 0.4) is 0 Å². The molecule has 5 aliphatic heterocycles. The van der Waals surface area contributed by atoms with Crippen LogP contribution in [-0.4, -0.2) is 124 Å². The number of carbonyl (C=O) groups is 2. The number of para-hydroxylation sites is 2. The summed E-state index contributed by atoms with van der Waals surface area (Å²) < 4.78 is 107. The quantitative estimate of drug-likeness (QED) is 0.0532. The molecule has 10 atom stereocenters. The van der Waals surface area contributed by atoms with Crippen LogP contribution in [0.4, 0.5) is 31.8 Å². The van der Waals surface area contributed by atoms with E-state index < -0.39 is 109 Å². The molecule has 8 aromatic rings. The van der Waals surface area contributed by atoms with Crippen LogP contribution < -0.4 is 9.80 Å². The summed E-state index contributed by atoms with van der Waals surface area (Å²) in [7, 11) is 0. The van der Waals surface area contributed by atoms with Crippen LogP contribution >= 0.6 is 36.4 Å². The second kappa shape index (κ2) is 23.7. The van der Waals surface area contributed by atoms with Gasteiger partial charge in [0.05, 0.1) is 35.7 Å². The van der Waals surface area contributed by atoms with Gasteiger partial charge in [-0.2, -0.15) is 0 Å². The molecule has 0 aliphatic carbocycles. The van der Waals surface area contributed by atoms with Gasteiger partial charge < -0.3 is 9.47 Å². The molecule has 0 spiro atoms. The Bertz CT molecular complexity index is 3720. The van der Waals surface area contributed by atoms with Gasteiger partial charge in [0.1, 0.15) is 37.1 Å². The van der Waals surface area contributed by atoms with Gasteiger partial charge in [-0.15, -0.1) is 0 Å². The summed E-state index contributed by atoms with van der Waals surface area (Å²) in [4.78, 5) is 81.8. The van der Waals surface area contributed by atoms with Gasteiger partial charge in [-0.1, -0.05) is 84.9 Å². The van der Waals surface area contributed by atoms with Crippen molar-refractivity contribution in [1.29, 1.82) is 0 Å². The fourth-order valence-electron chi connectivity index (χ4n) is 9.91. The van der Waals surface area contributed by atoms with Crippen molar-refractivity contribution in [2.75, 3.05) is 36.1 Å². The average Bonchev–Trinajstić information content (AvgIpc) is 2.84. The second-order valence-electron chi connectivity index (χ2n) is 19.0. The molecule has 0 unspecified atom stereocenters. The van der Waals surface area contributed by atoms with Gasteiger partial charge in [0.2, 0.25) is 0 Å². The van der Waals surface area contributed by atoms with E-state index in [4.69, 9.17) is 27.6 Å². The van der Waals surface area contributed by atoms with E-state index in [0.717, 1.165) is 12.7 Å². The van der Waals surface area contributed by atoms with E-state index in [2.05, 4.69) is 29.9 Å². The summed E-state index contributed by atoms with van der Waals surface area (Å²) in [5, 5.41) is 24.3. The first-order chi connectivity index (χ1) is 40.7. The molecule has 32 heteroatoms. The maximum atomic E-state index is 17.9. The lowest BCUT2D eigenvalue weighted by Crippen LogP contribution is -2.37. The van der Waals surface area contributed by atoms with Crippen LogP contribution in [0, 0.1) is 20.2 Å². The number of hydrogen-bond donors (Lipinski definition) is 0. The van der Waals surface area contributed by atoms with Gasteiger partial charge in [-0.05, 0) is 47.0 Å². The number of nitrogens with zero attached hydrogens (tertiary/aromatic N) is 12. The van der Waals surface area contributed by atoms with Crippen molar-refractivity contribution < 1.29 is 64.9 Å². The molecule has 13 rings (SSSR count). The molecule has 3 saturated heterocycles. The monoisotopic (exact) mass is 1220 g/mol. The number of benzene rings is 4. The molecule has 4 aromatic heterocycles. The molecular weight excluding hydrogens is 1180 g/mol. The van der Waals surface area contributed by atoms with E-state index in [1.54, 1.807) is 72.8 Å². The van der Waals surface area contributed by atoms with Crippen molar-refractivity contribution >= 4 is 93.5 Å². The first-order valence-electron chi connectivity index (χ1n) is 25.6. The Kier molecular flexibility index (Phi) is 16.0. The lowest BCUT2D eigenvalue weighted by Gasteiger charge is -2.30. The second-order valence-corrected chi connectivity index (χ2v) is 27.1. The highest BCUT2D eigenvalue weighted by atomic mass is 32.7. The number of halogens is 2. The smallest absolute Gasteiger partial charge is 0.346 e. The van der Waals surface area contributed by atoms with Crippen LogP contribution in [0.2, 0.25) is 0 Å². The summed E-state index contributed by atoms with van der Waals surface area (Å²) in [6.07, 6.45) is -7.77. The van der Waals surface area contributed by atoms with Gasteiger partial charge in [-0.3, -0.25) is 66.8 Å². The number of hydrogen-bond acceptors (Lipinski definition) is 22. The molecule has 84 heavy (non-hydrogen) atoms. The first kappa shape index (κ1) is 56.7. The van der Waals surface area contributed by atoms with Crippen LogP contribution in [0.1, 0.15) is 44.3 Å². The van der Waals surface area contributed by atoms with E-state index in [1.807, 2.05) is 0 Å². The number of carbonyl (C=O) groups excluding carboxylic acids is 2. The third-order valence-electron chi connectivity index (χ3n) is 14.0. The Balaban J connectivity index is 1.02. The number of imidazole rings is 2. The van der Waals surface area contributed by atoms with Crippen molar-refractivity contribution in [3.8, 4) is 0 Å². The Morgan fingerprint density at radius 3 is 1.37 bits per heavy atom. The topological polar surface area (TPSA) is 304 Å². The van der Waals surface area contributed by atoms with Gasteiger partial charge in [-0.25, -0.2) is 47.8 Å². The molecule has 26 nitrogen and oxygen atoms in total. The van der Waals surface area contributed by atoms with Gasteiger partial charge in [0.15, 0.2) is 58.8 Å². The lowest BCUT2D eigenvalue weighted by atomic mass is 10.1. The molecule has 0 radical (unpaired) electrons. The highest BCUT2D eigenvalue weighted by Crippen LogP contribution is 2.67. The van der Waals surface area contributed by atoms with Crippen LogP contribution in [-0.2, 0) is 48.2 Å². The van der Waals surface area contributed by atoms with E-state index in [9.17, 15) is 29.8 Å². The van der Waals surface area contributed by atoms with Gasteiger partial charge in [0, 0.05) is 59.0 Å². The summed E-state index contributed by atoms with van der Waals surface area (Å²) in [5.41, 5.74) is -0.242. The summed E-state index contributed by atoms with van der Waals surface area (Å²) in [6, 6.07) is 27.7. The number of rotatable bonds is 10. The van der Waals surface area contributed by atoms with E-state index in [1.165, 1.54) is 80.1 Å². The maximum Gasteiger partial charge on any atom is 0.390 e. The molecule has 14 bridgehead atoms. The number of alkyl halides is 2. The molecule has 9 heterocycles. The number of fused-ring (bicyclic) bond motifs is 10. The van der Waals surface area contributed by atoms with Crippen molar-refractivity contribution in [2.24, 2.45) is 0 Å². The number of nitro benzene ring substituents is 2. The third-order valence-corrected chi connectivity index (χ3v) is 21.2. The molecular formula is C52H44F2N12O14P2S2. The van der Waals surface area contributed by atoms with Crippen molar-refractivity contribution in [3.63, 3.8) is 0 Å². The Morgan fingerprint density at radius 1 is 0.571 bits per heavy atom. The van der Waals surface area contributed by atoms with Crippen LogP contribution in [0.15, 0.2) is 147 Å². The summed E-state index contributed by atoms with van der Waals surface area (Å²) >= 11 is 0.891. The number of nitro groups is 2. The predicted molar refractivity (Wildman–Crippen MR) is 299 cm³/mol. The molecule has 0 saturated carbocycles. The van der Waals surface area contributed by atoms with Crippen molar-refractivity contribution in [3.05, 3.63) is 189 Å². The van der Waals surface area contributed by atoms with Crippen molar-refractivity contribution in [2.45, 2.75) is 60.7 Å². The van der Waals surface area contributed by atoms with E-state index in [-0.39, 0.29) is 80.7 Å². The van der Waals surface area contributed by atoms with Crippen molar-refractivity contribution in [1.82, 2.24) is 39.0 Å². The van der Waals surface area contributed by atoms with E-state index in [0.29, 0.717) is 22.8 Å². The number of amides is 2. The molecule has 2 amide bonds. The fraction of sp³-hybridized carbons (Fsp3) is 0.269. The average molecular weight is 1230 g/mol. The molecule has 3 fully saturated rings. The Hall–Kier alpha value is -7.76. The molecule has 0 N–H and O–H groups in total. The highest BCUT2D eigenvalue weighted by molar-refractivity contribution is 8.55. The number of aromatic nitrogens is 8. The SMILES string of the molecule is O=C(c1ccccc1)N1C/C=C/CN(C(=O)c2ccccc2)c2ncnc3c2ncn3[C@@H]2O[C@@H]3CO[P@](=O)(SCc4ccccc4[N+](=O)[O-])O[C@H]4[C@@H](F)[C@@H](O[C@@H]4CO[P@@](=O)(SCc4ccccc4[N+](=O)[O-])O[C@H]3[C@H]2F)n2cnc3c1ncnc32. The van der Waals surface area contributed by atoms with Crippen LogP contribution in [0.25, 0.3) is 22.3 Å². The Labute approximate surface area is 481 Å². The third kappa shape index (κ3) is 11.1. The minimum absolute atomic E-state index is 0.0210. The maximum absolute atomic E-state index is 17.9. The van der Waals surface area contributed by atoms with Gasteiger partial charge in [0.25, 0.3) is 23.2 Å². The number of anilines is 2. The zero-order valence-corrected chi connectivity index (χ0v) is 46.7. The zero-order valence-electron chi connectivity index (χ0n) is 43.3. The standard InChI is InChI=1S/C52H44F2N12O14P2S2/c53-39-43-37-23-75-82(74,84-26-34-18-8-10-20-36(34)66(71)72)80-44-38(24-76-81(73,79-43)83-25-33-17-7-9-19-35(33)65(69)70)78-52(40(44)54)64-30-60-42-46(56-28-58-48(42)64)62(50(68)32-15-5-2-6-16-32)22-12-11-21-61(49(67)31-13-3-1-4-14-31)45-41-47(57-27-55-45)63(29-59-41)51(39)77-37/h1-20,27-30,37-40,43-44,51-52H,21-26H2/b12-11+/t37-,38-,39-,40-,43-,44-,51-,52-,81-,82+/m1/s1. The number of ether oxygens (including phenoxy) is 2. The van der Waals surface area contributed by atoms with E-state index >= 15 is 17.9 Å². The lowest BCUT2D eigenvalue weighted by molar-refractivity contribution is -0.385. The molecule has 432 valence electrons. The molecule has 4 aromatic carbocycles. The summed E-state index contributed by atoms with van der Waals surface area (Å²) in [6.45, 7) is -12.0. The van der Waals surface area contributed by atoms with Gasteiger partial charge >= 0.3 is 13.6 Å². The predicted octanol–water partition coefficient (Wildman–Crippen LogP) is 9.72. The normalized spacial score (nSPS) is 26.7.